The maximum absolute atomic E-state index is 12.5. The zero-order valence-electron chi connectivity index (χ0n) is 20.5. The van der Waals surface area contributed by atoms with Crippen molar-refractivity contribution in [2.24, 2.45) is 0 Å². The van der Waals surface area contributed by atoms with Crippen molar-refractivity contribution in [2.45, 2.75) is 57.8 Å². The number of piperidine rings is 1. The first kappa shape index (κ1) is 23.3. The van der Waals surface area contributed by atoms with Gasteiger partial charge in [-0.1, -0.05) is 0 Å². The number of ether oxygens (including phenoxy) is 3. The molecule has 0 aromatic carbocycles. The number of rotatable bonds is 5. The Labute approximate surface area is 203 Å². The fraction of sp³-hybridized carbons (Fsp3) is 0.542. The highest BCUT2D eigenvalue weighted by atomic mass is 16.6. The summed E-state index contributed by atoms with van der Waals surface area (Å²) in [6.45, 7) is 7.55. The molecule has 186 valence electrons. The summed E-state index contributed by atoms with van der Waals surface area (Å²) in [7, 11) is 1.62. The quantitative estimate of drug-likeness (QED) is 0.585. The summed E-state index contributed by atoms with van der Waals surface area (Å²) in [6, 6.07) is 3.72. The molecule has 11 nitrogen and oxygen atoms in total. The van der Waals surface area contributed by atoms with Crippen LogP contribution in [0.15, 0.2) is 24.5 Å². The third-order valence-corrected chi connectivity index (χ3v) is 6.03. The van der Waals surface area contributed by atoms with Gasteiger partial charge in [-0.15, -0.1) is 0 Å². The van der Waals surface area contributed by atoms with Gasteiger partial charge < -0.3 is 24.4 Å². The molecule has 3 aromatic rings. The Balaban J connectivity index is 1.35. The number of carbonyl (C=O) groups excluding carboxylic acids is 1. The molecule has 2 fully saturated rings. The molecule has 3 aromatic heterocycles. The zero-order chi connectivity index (χ0) is 24.6. The number of carbonyl (C=O) groups is 1. The molecule has 35 heavy (non-hydrogen) atoms. The molecule has 1 amide bonds. The van der Waals surface area contributed by atoms with Crippen LogP contribution in [0.4, 0.5) is 10.7 Å². The van der Waals surface area contributed by atoms with Crippen molar-refractivity contribution < 1.29 is 19.0 Å². The van der Waals surface area contributed by atoms with Crippen molar-refractivity contribution in [1.82, 2.24) is 29.5 Å². The normalized spacial score (nSPS) is 20.4. The first-order valence-corrected chi connectivity index (χ1v) is 11.9. The molecule has 0 saturated carbocycles. The predicted octanol–water partition coefficient (Wildman–Crippen LogP) is 3.47. The third-order valence-electron chi connectivity index (χ3n) is 6.03. The van der Waals surface area contributed by atoms with E-state index < -0.39 is 5.60 Å². The zero-order valence-corrected chi connectivity index (χ0v) is 20.5. The van der Waals surface area contributed by atoms with Crippen LogP contribution in [-0.4, -0.2) is 74.0 Å². The second-order valence-corrected chi connectivity index (χ2v) is 9.83. The summed E-state index contributed by atoms with van der Waals surface area (Å²) >= 11 is 0. The Hall–Kier alpha value is -3.47. The van der Waals surface area contributed by atoms with Crippen LogP contribution in [0.2, 0.25) is 0 Å². The molecule has 2 aliphatic heterocycles. The van der Waals surface area contributed by atoms with Crippen LogP contribution in [0.3, 0.4) is 0 Å². The molecule has 0 bridgehead atoms. The van der Waals surface area contributed by atoms with Gasteiger partial charge in [-0.05, 0) is 39.7 Å². The Kier molecular flexibility index (Phi) is 6.18. The number of aromatic nitrogens is 5. The number of hydrogen-bond acceptors (Lipinski definition) is 9. The van der Waals surface area contributed by atoms with Gasteiger partial charge in [-0.2, -0.15) is 5.10 Å². The molecule has 2 aliphatic rings. The highest BCUT2D eigenvalue weighted by Gasteiger charge is 2.29. The Bertz CT molecular complexity index is 1220. The van der Waals surface area contributed by atoms with Gasteiger partial charge in [0, 0.05) is 37.8 Å². The molecular formula is C24H31N7O4. The summed E-state index contributed by atoms with van der Waals surface area (Å²) in [4.78, 5) is 27.9. The van der Waals surface area contributed by atoms with E-state index in [1.807, 2.05) is 32.9 Å². The summed E-state index contributed by atoms with van der Waals surface area (Å²) in [5.74, 6) is 1.15. The van der Waals surface area contributed by atoms with Crippen LogP contribution < -0.4 is 10.1 Å². The van der Waals surface area contributed by atoms with Gasteiger partial charge in [-0.3, -0.25) is 0 Å². The second kappa shape index (κ2) is 9.29. The number of nitrogens with one attached hydrogen (secondary N) is 1. The number of nitrogens with zero attached hydrogens (tertiary/aromatic N) is 6. The summed E-state index contributed by atoms with van der Waals surface area (Å²) < 4.78 is 18.4. The minimum atomic E-state index is -0.522. The lowest BCUT2D eigenvalue weighted by Crippen LogP contribution is -2.47. The average Bonchev–Trinajstić information content (AvgIpc) is 3.19. The van der Waals surface area contributed by atoms with Crippen molar-refractivity contribution in [1.29, 1.82) is 0 Å². The third kappa shape index (κ3) is 5.00. The van der Waals surface area contributed by atoms with Gasteiger partial charge in [-0.25, -0.2) is 24.3 Å². The lowest BCUT2D eigenvalue weighted by atomic mass is 10.1. The SMILES string of the molecule is COc1cc2ncc(-c3ccnc(NC4CCCN(C(=O)OC(C)(C)C)C4)n3)n2nc1C1CCO1. The summed E-state index contributed by atoms with van der Waals surface area (Å²) in [5, 5.41) is 8.16. The Morgan fingerprint density at radius 1 is 1.26 bits per heavy atom. The van der Waals surface area contributed by atoms with Gasteiger partial charge in [0.1, 0.15) is 28.8 Å². The smallest absolute Gasteiger partial charge is 0.410 e. The lowest BCUT2D eigenvalue weighted by Gasteiger charge is -2.34. The van der Waals surface area contributed by atoms with Crippen molar-refractivity contribution in [3.05, 3.63) is 30.2 Å². The van der Waals surface area contributed by atoms with Gasteiger partial charge >= 0.3 is 6.09 Å². The van der Waals surface area contributed by atoms with Crippen molar-refractivity contribution in [3.63, 3.8) is 0 Å². The first-order chi connectivity index (χ1) is 16.8. The standard InChI is InChI=1S/C24H31N7O4/c1-24(2,3)35-23(32)30-10-5-6-15(14-30)27-22-25-9-7-16(28-22)17-13-26-20-12-19(33-4)21(29-31(17)20)18-8-11-34-18/h7,9,12-13,15,18H,5-6,8,10-11,14H2,1-4H3,(H,25,27,28). The maximum atomic E-state index is 12.5. The van der Waals surface area contributed by atoms with Gasteiger partial charge in [0.15, 0.2) is 5.65 Å². The number of amides is 1. The van der Waals surface area contributed by atoms with Crippen LogP contribution in [0.1, 0.15) is 51.8 Å². The number of methoxy groups -OCH3 is 1. The molecule has 2 unspecified atom stereocenters. The maximum Gasteiger partial charge on any atom is 0.410 e. The average molecular weight is 482 g/mol. The van der Waals surface area contributed by atoms with Crippen LogP contribution in [-0.2, 0) is 9.47 Å². The second-order valence-electron chi connectivity index (χ2n) is 9.83. The largest absolute Gasteiger partial charge is 0.495 e. The number of imidazole rings is 1. The number of likely N-dealkylation sites (tertiary alicyclic amines) is 1. The monoisotopic (exact) mass is 481 g/mol. The molecule has 2 atom stereocenters. The van der Waals surface area contributed by atoms with Crippen LogP contribution in [0.25, 0.3) is 17.0 Å². The van der Waals surface area contributed by atoms with E-state index in [1.165, 1.54) is 0 Å². The summed E-state index contributed by atoms with van der Waals surface area (Å²) in [5.41, 5.74) is 2.32. The molecule has 2 saturated heterocycles. The number of fused-ring (bicyclic) bond motifs is 1. The van der Waals surface area contributed by atoms with E-state index in [1.54, 1.807) is 28.9 Å². The molecule has 1 N–H and O–H groups in total. The first-order valence-electron chi connectivity index (χ1n) is 11.9. The minimum Gasteiger partial charge on any atom is -0.495 e. The van der Waals surface area contributed by atoms with Crippen LogP contribution in [0, 0.1) is 0 Å². The Morgan fingerprint density at radius 2 is 2.09 bits per heavy atom. The highest BCUT2D eigenvalue weighted by molar-refractivity contribution is 5.68. The predicted molar refractivity (Wildman–Crippen MR) is 128 cm³/mol. The molecule has 5 rings (SSSR count). The van der Waals surface area contributed by atoms with Crippen LogP contribution >= 0.6 is 0 Å². The lowest BCUT2D eigenvalue weighted by molar-refractivity contribution is -0.0569. The number of anilines is 1. The molecule has 11 heteroatoms. The molecular weight excluding hydrogens is 450 g/mol. The van der Waals surface area contributed by atoms with Gasteiger partial charge in [0.25, 0.3) is 0 Å². The number of hydrogen-bond donors (Lipinski definition) is 1. The minimum absolute atomic E-state index is 0.0263. The highest BCUT2D eigenvalue weighted by Crippen LogP contribution is 2.35. The fourth-order valence-electron chi connectivity index (χ4n) is 4.27. The van der Waals surface area contributed by atoms with Crippen LogP contribution in [0.5, 0.6) is 5.75 Å². The molecule has 5 heterocycles. The van der Waals surface area contributed by atoms with E-state index in [0.717, 1.165) is 37.3 Å². The van der Waals surface area contributed by atoms with E-state index in [2.05, 4.69) is 15.3 Å². The Morgan fingerprint density at radius 3 is 2.80 bits per heavy atom. The van der Waals surface area contributed by atoms with Crippen molar-refractivity contribution in [2.75, 3.05) is 32.1 Å². The summed E-state index contributed by atoms with van der Waals surface area (Å²) in [6.07, 6.45) is 5.77. The van der Waals surface area contributed by atoms with E-state index in [9.17, 15) is 4.79 Å². The topological polar surface area (TPSA) is 116 Å². The molecule has 0 spiro atoms. The van der Waals surface area contributed by atoms with E-state index >= 15 is 0 Å². The molecule has 0 radical (unpaired) electrons. The fourth-order valence-corrected chi connectivity index (χ4v) is 4.27. The molecule has 0 aliphatic carbocycles. The van der Waals surface area contributed by atoms with Crippen molar-refractivity contribution in [3.8, 4) is 17.1 Å². The van der Waals surface area contributed by atoms with E-state index in [0.29, 0.717) is 36.1 Å². The van der Waals surface area contributed by atoms with Gasteiger partial charge in [0.05, 0.1) is 25.6 Å². The van der Waals surface area contributed by atoms with E-state index in [4.69, 9.17) is 24.3 Å². The van der Waals surface area contributed by atoms with Crippen molar-refractivity contribution >= 4 is 17.7 Å². The van der Waals surface area contributed by atoms with E-state index in [-0.39, 0.29) is 18.2 Å². The van der Waals surface area contributed by atoms with Gasteiger partial charge in [0.2, 0.25) is 5.95 Å².